The van der Waals surface area contributed by atoms with Crippen molar-refractivity contribution in [2.24, 2.45) is 17.6 Å². The monoisotopic (exact) mass is 279 g/mol. The van der Waals surface area contributed by atoms with Gasteiger partial charge in [0.15, 0.2) is 0 Å². The molecule has 0 spiro atoms. The molecule has 0 aromatic carbocycles. The molecule has 1 saturated heterocycles. The quantitative estimate of drug-likeness (QED) is 0.847. The maximum atomic E-state index is 12.1. The first-order valence-corrected chi connectivity index (χ1v) is 8.41. The van der Waals surface area contributed by atoms with Gasteiger partial charge in [-0.2, -0.15) is 0 Å². The number of rotatable bonds is 4. The predicted molar refractivity (Wildman–Crippen MR) is 80.3 cm³/mol. The van der Waals surface area contributed by atoms with E-state index in [1.54, 1.807) is 0 Å². The Bertz CT molecular complexity index is 350. The maximum Gasteiger partial charge on any atom is 0.222 e. The zero-order valence-corrected chi connectivity index (χ0v) is 12.8. The highest BCUT2D eigenvalue weighted by molar-refractivity contribution is 5.76. The number of nitrogens with two attached hydrogens (primary N) is 1. The fourth-order valence-corrected chi connectivity index (χ4v) is 4.47. The third-order valence-electron chi connectivity index (χ3n) is 5.65. The van der Waals surface area contributed by atoms with E-state index in [4.69, 9.17) is 5.73 Å². The summed E-state index contributed by atoms with van der Waals surface area (Å²) in [5.74, 6) is 2.27. The van der Waals surface area contributed by atoms with Crippen LogP contribution >= 0.6 is 0 Å². The smallest absolute Gasteiger partial charge is 0.222 e. The van der Waals surface area contributed by atoms with Crippen LogP contribution in [0.3, 0.4) is 0 Å². The van der Waals surface area contributed by atoms with Gasteiger partial charge in [-0.15, -0.1) is 0 Å². The van der Waals surface area contributed by atoms with E-state index in [9.17, 15) is 4.79 Å². The van der Waals surface area contributed by atoms with Crippen LogP contribution in [0.5, 0.6) is 0 Å². The molecule has 2 aliphatic carbocycles. The second-order valence-electron chi connectivity index (χ2n) is 7.17. The number of hydrogen-bond acceptors (Lipinski definition) is 3. The van der Waals surface area contributed by atoms with Gasteiger partial charge in [-0.1, -0.05) is 6.42 Å². The second kappa shape index (κ2) is 6.02. The van der Waals surface area contributed by atoms with Gasteiger partial charge in [-0.05, 0) is 44.4 Å². The van der Waals surface area contributed by atoms with Gasteiger partial charge in [0.05, 0.1) is 0 Å². The SMILES string of the molecule is CC(N)CCC(=O)N1CCN(C2CC3CCC2C3)CC1. The standard InChI is InChI=1S/C16H29N3O/c1-12(17)2-5-16(20)19-8-6-18(7-9-19)15-11-13-3-4-14(15)10-13/h12-15H,2-11,17H2,1H3. The molecule has 1 heterocycles. The topological polar surface area (TPSA) is 49.6 Å². The van der Waals surface area contributed by atoms with Crippen molar-refractivity contribution in [2.75, 3.05) is 26.2 Å². The first kappa shape index (κ1) is 14.3. The molecule has 4 unspecified atom stereocenters. The minimum absolute atomic E-state index is 0.134. The van der Waals surface area contributed by atoms with E-state index in [1.807, 2.05) is 11.8 Å². The third kappa shape index (κ3) is 3.01. The summed E-state index contributed by atoms with van der Waals surface area (Å²) >= 11 is 0. The van der Waals surface area contributed by atoms with Gasteiger partial charge in [0.1, 0.15) is 0 Å². The summed E-state index contributed by atoms with van der Waals surface area (Å²) in [5.41, 5.74) is 5.73. The number of hydrogen-bond donors (Lipinski definition) is 1. The van der Waals surface area contributed by atoms with Gasteiger partial charge < -0.3 is 10.6 Å². The normalized spacial score (nSPS) is 35.5. The van der Waals surface area contributed by atoms with Crippen molar-refractivity contribution in [3.63, 3.8) is 0 Å². The van der Waals surface area contributed by atoms with Crippen LogP contribution in [0.2, 0.25) is 0 Å². The number of amides is 1. The summed E-state index contributed by atoms with van der Waals surface area (Å²) in [5, 5.41) is 0. The molecule has 0 aromatic heterocycles. The molecule has 0 aromatic rings. The van der Waals surface area contributed by atoms with Crippen molar-refractivity contribution in [1.29, 1.82) is 0 Å². The molecule has 114 valence electrons. The predicted octanol–water partition coefficient (Wildman–Crippen LogP) is 1.45. The minimum Gasteiger partial charge on any atom is -0.340 e. The summed E-state index contributed by atoms with van der Waals surface area (Å²) in [4.78, 5) is 16.8. The van der Waals surface area contributed by atoms with E-state index < -0.39 is 0 Å². The molecule has 2 N–H and O–H groups in total. The van der Waals surface area contributed by atoms with Crippen LogP contribution in [0.15, 0.2) is 0 Å². The van der Waals surface area contributed by atoms with E-state index in [0.29, 0.717) is 12.3 Å². The molecule has 4 nitrogen and oxygen atoms in total. The summed E-state index contributed by atoms with van der Waals surface area (Å²) in [6, 6.07) is 0.962. The fourth-order valence-electron chi connectivity index (χ4n) is 4.47. The van der Waals surface area contributed by atoms with Crippen molar-refractivity contribution in [1.82, 2.24) is 9.80 Å². The van der Waals surface area contributed by atoms with Crippen molar-refractivity contribution in [3.05, 3.63) is 0 Å². The van der Waals surface area contributed by atoms with Crippen molar-refractivity contribution in [3.8, 4) is 0 Å². The number of nitrogens with zero attached hydrogens (tertiary/aromatic N) is 2. The summed E-state index contributed by atoms with van der Waals surface area (Å²) in [7, 11) is 0. The number of carbonyl (C=O) groups is 1. The van der Waals surface area contributed by atoms with Gasteiger partial charge in [0, 0.05) is 44.7 Å². The molecule has 3 rings (SSSR count). The lowest BCUT2D eigenvalue weighted by molar-refractivity contribution is -0.133. The average Bonchev–Trinajstić information content (AvgIpc) is 3.07. The Balaban J connectivity index is 1.44. The van der Waals surface area contributed by atoms with Crippen LogP contribution in [0.25, 0.3) is 0 Å². The number of carbonyl (C=O) groups excluding carboxylic acids is 1. The molecule has 3 aliphatic rings. The molecule has 1 amide bonds. The van der Waals surface area contributed by atoms with Crippen molar-refractivity contribution >= 4 is 5.91 Å². The van der Waals surface area contributed by atoms with Crippen LogP contribution in [-0.4, -0.2) is 54.0 Å². The Hall–Kier alpha value is -0.610. The van der Waals surface area contributed by atoms with Gasteiger partial charge in [-0.3, -0.25) is 9.69 Å². The van der Waals surface area contributed by atoms with E-state index >= 15 is 0 Å². The molecule has 4 heteroatoms. The van der Waals surface area contributed by atoms with Crippen LogP contribution < -0.4 is 5.73 Å². The van der Waals surface area contributed by atoms with Crippen LogP contribution in [0.4, 0.5) is 0 Å². The molecule has 3 fully saturated rings. The fraction of sp³-hybridized carbons (Fsp3) is 0.938. The first-order chi connectivity index (χ1) is 9.63. The van der Waals surface area contributed by atoms with Crippen molar-refractivity contribution < 1.29 is 4.79 Å². The van der Waals surface area contributed by atoms with Crippen LogP contribution in [0, 0.1) is 11.8 Å². The highest BCUT2D eigenvalue weighted by Crippen LogP contribution is 2.46. The number of fused-ring (bicyclic) bond motifs is 2. The van der Waals surface area contributed by atoms with Crippen LogP contribution in [-0.2, 0) is 4.79 Å². The lowest BCUT2D eigenvalue weighted by Crippen LogP contribution is -2.53. The van der Waals surface area contributed by atoms with E-state index in [0.717, 1.165) is 50.5 Å². The van der Waals surface area contributed by atoms with Gasteiger partial charge in [0.25, 0.3) is 0 Å². The zero-order valence-electron chi connectivity index (χ0n) is 12.8. The highest BCUT2D eigenvalue weighted by Gasteiger charge is 2.42. The molecule has 4 atom stereocenters. The van der Waals surface area contributed by atoms with Gasteiger partial charge >= 0.3 is 0 Å². The van der Waals surface area contributed by atoms with E-state index in [2.05, 4.69) is 4.90 Å². The summed E-state index contributed by atoms with van der Waals surface area (Å²) < 4.78 is 0. The maximum absolute atomic E-state index is 12.1. The van der Waals surface area contributed by atoms with Crippen LogP contribution in [0.1, 0.15) is 45.4 Å². The summed E-state index contributed by atoms with van der Waals surface area (Å²) in [6.45, 7) is 5.98. The molecular formula is C16H29N3O. The Morgan fingerprint density at radius 2 is 1.95 bits per heavy atom. The highest BCUT2D eigenvalue weighted by atomic mass is 16.2. The minimum atomic E-state index is 0.134. The molecular weight excluding hydrogens is 250 g/mol. The molecule has 2 bridgehead atoms. The molecule has 0 radical (unpaired) electrons. The number of piperazine rings is 1. The zero-order chi connectivity index (χ0) is 14.1. The van der Waals surface area contributed by atoms with Crippen molar-refractivity contribution in [2.45, 2.75) is 57.5 Å². The molecule has 2 saturated carbocycles. The Kier molecular flexibility index (Phi) is 4.32. The van der Waals surface area contributed by atoms with Gasteiger partial charge in [-0.25, -0.2) is 0 Å². The third-order valence-corrected chi connectivity index (χ3v) is 5.65. The molecule has 1 aliphatic heterocycles. The average molecular weight is 279 g/mol. The van der Waals surface area contributed by atoms with E-state index in [1.165, 1.54) is 25.7 Å². The lowest BCUT2D eigenvalue weighted by Gasteiger charge is -2.41. The molecule has 20 heavy (non-hydrogen) atoms. The second-order valence-corrected chi connectivity index (χ2v) is 7.17. The Morgan fingerprint density at radius 1 is 1.20 bits per heavy atom. The largest absolute Gasteiger partial charge is 0.340 e. The Morgan fingerprint density at radius 3 is 2.50 bits per heavy atom. The first-order valence-electron chi connectivity index (χ1n) is 8.41. The lowest BCUT2D eigenvalue weighted by atomic mass is 9.93. The Labute approximate surface area is 122 Å². The van der Waals surface area contributed by atoms with Gasteiger partial charge in [0.2, 0.25) is 5.91 Å². The van der Waals surface area contributed by atoms with E-state index in [-0.39, 0.29) is 6.04 Å². The summed E-state index contributed by atoms with van der Waals surface area (Å²) in [6.07, 6.45) is 7.23.